The average molecular weight is 202 g/mol. The fourth-order valence-electron chi connectivity index (χ4n) is 1.77. The molecule has 0 bridgehead atoms. The van der Waals surface area contributed by atoms with Gasteiger partial charge in [0.05, 0.1) is 5.39 Å². The van der Waals surface area contributed by atoms with Gasteiger partial charge in [0.2, 0.25) is 0 Å². The third-order valence-corrected chi connectivity index (χ3v) is 2.34. The van der Waals surface area contributed by atoms with Gasteiger partial charge in [-0.1, -0.05) is 0 Å². The van der Waals surface area contributed by atoms with E-state index < -0.39 is 0 Å². The first-order valence-electron chi connectivity index (χ1n) is 4.92. The molecule has 2 aromatic heterocycles. The van der Waals surface area contributed by atoms with Crippen LogP contribution in [0.5, 0.6) is 0 Å². The standard InChI is InChI=1S/C11H14N4/c1-6-5-7(2)13-11-9(6)10(12-4)14-8(3)15-11/h5H,1-4H3,(H,12,13,14,15). The Hall–Kier alpha value is -1.71. The maximum atomic E-state index is 4.41. The van der Waals surface area contributed by atoms with Gasteiger partial charge < -0.3 is 5.32 Å². The van der Waals surface area contributed by atoms with E-state index in [0.717, 1.165) is 33.9 Å². The van der Waals surface area contributed by atoms with E-state index in [0.29, 0.717) is 0 Å². The van der Waals surface area contributed by atoms with Crippen LogP contribution in [0, 0.1) is 20.8 Å². The van der Waals surface area contributed by atoms with E-state index >= 15 is 0 Å². The Kier molecular flexibility index (Phi) is 2.26. The van der Waals surface area contributed by atoms with Crippen LogP contribution in [0.15, 0.2) is 6.07 Å². The molecular formula is C11H14N4. The third kappa shape index (κ3) is 1.63. The Morgan fingerprint density at radius 3 is 2.47 bits per heavy atom. The van der Waals surface area contributed by atoms with Gasteiger partial charge in [0.25, 0.3) is 0 Å². The Balaban J connectivity index is 2.90. The normalized spacial score (nSPS) is 10.7. The van der Waals surface area contributed by atoms with E-state index in [4.69, 9.17) is 0 Å². The number of rotatable bonds is 1. The highest BCUT2D eigenvalue weighted by molar-refractivity contribution is 5.89. The third-order valence-electron chi connectivity index (χ3n) is 2.34. The van der Waals surface area contributed by atoms with Gasteiger partial charge in [0.15, 0.2) is 5.65 Å². The molecule has 0 atom stereocenters. The van der Waals surface area contributed by atoms with Gasteiger partial charge in [0, 0.05) is 12.7 Å². The summed E-state index contributed by atoms with van der Waals surface area (Å²) in [5.41, 5.74) is 2.91. The molecule has 0 saturated carbocycles. The summed E-state index contributed by atoms with van der Waals surface area (Å²) in [5, 5.41) is 4.09. The first-order chi connectivity index (χ1) is 7.11. The van der Waals surface area contributed by atoms with Crippen LogP contribution in [0.3, 0.4) is 0 Å². The van der Waals surface area contributed by atoms with Gasteiger partial charge in [-0.05, 0) is 32.4 Å². The Bertz CT molecular complexity index is 514. The number of nitrogens with one attached hydrogen (secondary N) is 1. The summed E-state index contributed by atoms with van der Waals surface area (Å²) in [5.74, 6) is 1.59. The first-order valence-corrected chi connectivity index (χ1v) is 4.92. The van der Waals surface area contributed by atoms with Gasteiger partial charge in [0.1, 0.15) is 11.6 Å². The minimum absolute atomic E-state index is 0.740. The molecule has 0 fully saturated rings. The van der Waals surface area contributed by atoms with Crippen LogP contribution in [0.4, 0.5) is 5.82 Å². The van der Waals surface area contributed by atoms with E-state index in [-0.39, 0.29) is 0 Å². The fourth-order valence-corrected chi connectivity index (χ4v) is 1.77. The number of aromatic nitrogens is 3. The molecule has 2 rings (SSSR count). The number of hydrogen-bond acceptors (Lipinski definition) is 4. The van der Waals surface area contributed by atoms with Crippen molar-refractivity contribution in [2.75, 3.05) is 12.4 Å². The zero-order valence-electron chi connectivity index (χ0n) is 9.42. The van der Waals surface area contributed by atoms with Crippen LogP contribution in [0.1, 0.15) is 17.1 Å². The monoisotopic (exact) mass is 202 g/mol. The minimum Gasteiger partial charge on any atom is -0.372 e. The lowest BCUT2D eigenvalue weighted by Gasteiger charge is -2.08. The van der Waals surface area contributed by atoms with Crippen molar-refractivity contribution in [1.82, 2.24) is 15.0 Å². The van der Waals surface area contributed by atoms with Crippen LogP contribution in [-0.2, 0) is 0 Å². The van der Waals surface area contributed by atoms with Crippen molar-refractivity contribution < 1.29 is 0 Å². The van der Waals surface area contributed by atoms with Crippen LogP contribution >= 0.6 is 0 Å². The van der Waals surface area contributed by atoms with Crippen molar-refractivity contribution >= 4 is 16.9 Å². The predicted octanol–water partition coefficient (Wildman–Crippen LogP) is 1.99. The first kappa shape index (κ1) is 9.83. The molecule has 2 aromatic rings. The zero-order chi connectivity index (χ0) is 11.0. The van der Waals surface area contributed by atoms with Crippen molar-refractivity contribution in [3.63, 3.8) is 0 Å². The molecule has 15 heavy (non-hydrogen) atoms. The number of fused-ring (bicyclic) bond motifs is 1. The summed E-state index contributed by atoms with van der Waals surface area (Å²) >= 11 is 0. The van der Waals surface area contributed by atoms with Gasteiger partial charge in [-0.15, -0.1) is 0 Å². The number of anilines is 1. The number of nitrogens with zero attached hydrogens (tertiary/aromatic N) is 3. The maximum Gasteiger partial charge on any atom is 0.165 e. The Labute approximate surface area is 88.8 Å². The molecule has 0 aliphatic heterocycles. The molecule has 0 unspecified atom stereocenters. The molecule has 0 aliphatic carbocycles. The van der Waals surface area contributed by atoms with E-state index in [9.17, 15) is 0 Å². The molecule has 0 aromatic carbocycles. The van der Waals surface area contributed by atoms with E-state index in [1.807, 2.05) is 27.0 Å². The quantitative estimate of drug-likeness (QED) is 0.768. The van der Waals surface area contributed by atoms with Crippen LogP contribution in [0.25, 0.3) is 11.0 Å². The second-order valence-electron chi connectivity index (χ2n) is 3.65. The van der Waals surface area contributed by atoms with Crippen molar-refractivity contribution in [2.45, 2.75) is 20.8 Å². The zero-order valence-corrected chi connectivity index (χ0v) is 9.42. The predicted molar refractivity (Wildman–Crippen MR) is 61.1 cm³/mol. The van der Waals surface area contributed by atoms with E-state index in [1.54, 1.807) is 0 Å². The van der Waals surface area contributed by atoms with Crippen molar-refractivity contribution in [1.29, 1.82) is 0 Å². The smallest absolute Gasteiger partial charge is 0.165 e. The molecule has 0 aliphatic rings. The molecule has 0 saturated heterocycles. The molecule has 1 N–H and O–H groups in total. The highest BCUT2D eigenvalue weighted by atomic mass is 15.0. The van der Waals surface area contributed by atoms with Crippen molar-refractivity contribution in [3.05, 3.63) is 23.1 Å². The maximum absolute atomic E-state index is 4.41. The Morgan fingerprint density at radius 1 is 1.07 bits per heavy atom. The molecular weight excluding hydrogens is 188 g/mol. The highest BCUT2D eigenvalue weighted by Gasteiger charge is 2.08. The van der Waals surface area contributed by atoms with Crippen LogP contribution < -0.4 is 5.32 Å². The number of aryl methyl sites for hydroxylation is 3. The molecule has 78 valence electrons. The summed E-state index contributed by atoms with van der Waals surface area (Å²) in [6.45, 7) is 5.90. The lowest BCUT2D eigenvalue weighted by Crippen LogP contribution is -2.01. The largest absolute Gasteiger partial charge is 0.372 e. The van der Waals surface area contributed by atoms with Crippen molar-refractivity contribution in [2.24, 2.45) is 0 Å². The average Bonchev–Trinajstić information content (AvgIpc) is 2.14. The molecule has 0 radical (unpaired) electrons. The molecule has 0 spiro atoms. The lowest BCUT2D eigenvalue weighted by molar-refractivity contribution is 1.06. The summed E-state index contributed by atoms with van der Waals surface area (Å²) in [7, 11) is 1.86. The molecule has 4 heteroatoms. The minimum atomic E-state index is 0.740. The summed E-state index contributed by atoms with van der Waals surface area (Å²) in [4.78, 5) is 13.1. The van der Waals surface area contributed by atoms with Crippen molar-refractivity contribution in [3.8, 4) is 0 Å². The highest BCUT2D eigenvalue weighted by Crippen LogP contribution is 2.22. The van der Waals surface area contributed by atoms with Gasteiger partial charge in [-0.3, -0.25) is 0 Å². The second kappa shape index (κ2) is 3.46. The van der Waals surface area contributed by atoms with Gasteiger partial charge >= 0.3 is 0 Å². The molecule has 0 amide bonds. The summed E-state index contributed by atoms with van der Waals surface area (Å²) in [6.07, 6.45) is 0. The number of hydrogen-bond donors (Lipinski definition) is 1. The summed E-state index contributed by atoms with van der Waals surface area (Å²) < 4.78 is 0. The van der Waals surface area contributed by atoms with Gasteiger partial charge in [-0.25, -0.2) is 15.0 Å². The topological polar surface area (TPSA) is 50.7 Å². The van der Waals surface area contributed by atoms with E-state index in [2.05, 4.69) is 27.2 Å². The molecule has 4 nitrogen and oxygen atoms in total. The SMILES string of the molecule is CNc1nc(C)nc2nc(C)cc(C)c12. The molecule has 2 heterocycles. The van der Waals surface area contributed by atoms with Gasteiger partial charge in [-0.2, -0.15) is 0 Å². The summed E-state index contributed by atoms with van der Waals surface area (Å²) in [6, 6.07) is 2.04. The second-order valence-corrected chi connectivity index (χ2v) is 3.65. The lowest BCUT2D eigenvalue weighted by atomic mass is 10.1. The van der Waals surface area contributed by atoms with E-state index in [1.165, 1.54) is 0 Å². The van der Waals surface area contributed by atoms with Crippen LogP contribution in [0.2, 0.25) is 0 Å². The fraction of sp³-hybridized carbons (Fsp3) is 0.364. The number of pyridine rings is 1. The van der Waals surface area contributed by atoms with Crippen LogP contribution in [-0.4, -0.2) is 22.0 Å². The Morgan fingerprint density at radius 2 is 1.80 bits per heavy atom.